The topological polar surface area (TPSA) is 87.4 Å². The van der Waals surface area contributed by atoms with E-state index < -0.39 is 6.10 Å². The van der Waals surface area contributed by atoms with Gasteiger partial charge in [-0.05, 0) is 39.7 Å². The molecule has 3 atom stereocenters. The zero-order valence-electron chi connectivity index (χ0n) is 14.5. The first-order valence-electron chi connectivity index (χ1n) is 8.11. The number of aliphatic hydroxyl groups excluding tert-OH is 1. The standard InChI is InChI=1S/C18H25N3O3/c1-11(10-16(22)15-8-6-5-7-9-15)19-18(23)20-12(2)17-13(3)21-24-14(17)4/h5-9,11-12,16,22H,10H2,1-4H3,(H2,19,20,23). The molecule has 3 unspecified atom stereocenters. The minimum absolute atomic E-state index is 0.169. The van der Waals surface area contributed by atoms with Crippen molar-refractivity contribution in [2.24, 2.45) is 0 Å². The van der Waals surface area contributed by atoms with E-state index in [9.17, 15) is 9.90 Å². The highest BCUT2D eigenvalue weighted by Crippen LogP contribution is 2.21. The summed E-state index contributed by atoms with van der Waals surface area (Å²) in [5, 5.41) is 19.8. The van der Waals surface area contributed by atoms with E-state index in [1.807, 2.05) is 58.0 Å². The summed E-state index contributed by atoms with van der Waals surface area (Å²) in [5.74, 6) is 0.702. The van der Waals surface area contributed by atoms with Crippen LogP contribution in [0.25, 0.3) is 0 Å². The number of nitrogens with zero attached hydrogens (tertiary/aromatic N) is 1. The Morgan fingerprint density at radius 1 is 1.21 bits per heavy atom. The Bertz CT molecular complexity index is 650. The Morgan fingerprint density at radius 2 is 1.88 bits per heavy atom. The molecule has 0 saturated carbocycles. The van der Waals surface area contributed by atoms with Gasteiger partial charge in [-0.15, -0.1) is 0 Å². The molecule has 6 heteroatoms. The van der Waals surface area contributed by atoms with Crippen LogP contribution in [-0.4, -0.2) is 22.3 Å². The van der Waals surface area contributed by atoms with Gasteiger partial charge in [0.15, 0.2) is 0 Å². The van der Waals surface area contributed by atoms with Crippen molar-refractivity contribution in [2.45, 2.75) is 52.3 Å². The molecule has 0 spiro atoms. The summed E-state index contributed by atoms with van der Waals surface area (Å²) in [7, 11) is 0. The number of urea groups is 1. The maximum atomic E-state index is 12.1. The maximum Gasteiger partial charge on any atom is 0.315 e. The summed E-state index contributed by atoms with van der Waals surface area (Å²) < 4.78 is 5.13. The van der Waals surface area contributed by atoms with E-state index in [1.54, 1.807) is 0 Å². The van der Waals surface area contributed by atoms with Gasteiger partial charge in [0, 0.05) is 11.6 Å². The third-order valence-corrected chi connectivity index (χ3v) is 4.01. The van der Waals surface area contributed by atoms with Crippen molar-refractivity contribution in [3.05, 3.63) is 52.9 Å². The molecule has 2 rings (SSSR count). The Morgan fingerprint density at radius 3 is 2.46 bits per heavy atom. The number of aryl methyl sites for hydroxylation is 2. The van der Waals surface area contributed by atoms with Crippen LogP contribution in [0.2, 0.25) is 0 Å². The molecule has 1 heterocycles. The fraction of sp³-hybridized carbons (Fsp3) is 0.444. The maximum absolute atomic E-state index is 12.1. The second-order valence-corrected chi connectivity index (χ2v) is 6.14. The zero-order chi connectivity index (χ0) is 17.7. The summed E-state index contributed by atoms with van der Waals surface area (Å²) >= 11 is 0. The second-order valence-electron chi connectivity index (χ2n) is 6.14. The highest BCUT2D eigenvalue weighted by atomic mass is 16.5. The minimum Gasteiger partial charge on any atom is -0.388 e. The van der Waals surface area contributed by atoms with Crippen LogP contribution in [0.4, 0.5) is 4.79 Å². The molecule has 2 amide bonds. The molecule has 0 aliphatic carbocycles. The molecular weight excluding hydrogens is 306 g/mol. The number of carbonyl (C=O) groups is 1. The first kappa shape index (κ1) is 18.0. The molecule has 1 aromatic carbocycles. The number of nitrogens with one attached hydrogen (secondary N) is 2. The van der Waals surface area contributed by atoms with Crippen molar-refractivity contribution >= 4 is 6.03 Å². The van der Waals surface area contributed by atoms with Crippen molar-refractivity contribution in [1.29, 1.82) is 0 Å². The molecule has 1 aromatic heterocycles. The molecule has 0 aliphatic heterocycles. The summed E-state index contributed by atoms with van der Waals surface area (Å²) in [6.07, 6.45) is -0.168. The Labute approximate surface area is 142 Å². The van der Waals surface area contributed by atoms with Crippen molar-refractivity contribution in [3.63, 3.8) is 0 Å². The fourth-order valence-corrected chi connectivity index (χ4v) is 2.85. The van der Waals surface area contributed by atoms with Gasteiger partial charge in [-0.3, -0.25) is 0 Å². The van der Waals surface area contributed by atoms with Gasteiger partial charge >= 0.3 is 6.03 Å². The molecule has 24 heavy (non-hydrogen) atoms. The number of hydrogen-bond donors (Lipinski definition) is 3. The first-order valence-corrected chi connectivity index (χ1v) is 8.11. The van der Waals surface area contributed by atoms with E-state index in [0.29, 0.717) is 12.2 Å². The van der Waals surface area contributed by atoms with Gasteiger partial charge in [0.05, 0.1) is 17.8 Å². The van der Waals surface area contributed by atoms with Crippen LogP contribution in [0, 0.1) is 13.8 Å². The summed E-state index contributed by atoms with van der Waals surface area (Å²) in [6.45, 7) is 7.42. The lowest BCUT2D eigenvalue weighted by molar-refractivity contribution is 0.154. The Balaban J connectivity index is 1.85. The van der Waals surface area contributed by atoms with E-state index in [1.165, 1.54) is 0 Å². The van der Waals surface area contributed by atoms with E-state index >= 15 is 0 Å². The lowest BCUT2D eigenvalue weighted by atomic mass is 10.0. The Kier molecular flexibility index (Phi) is 5.98. The number of carbonyl (C=O) groups excluding carboxylic acids is 1. The molecule has 0 aliphatic rings. The minimum atomic E-state index is -0.610. The predicted molar refractivity (Wildman–Crippen MR) is 91.5 cm³/mol. The Hall–Kier alpha value is -2.34. The van der Waals surface area contributed by atoms with E-state index in [-0.39, 0.29) is 18.1 Å². The van der Waals surface area contributed by atoms with Crippen molar-refractivity contribution in [2.75, 3.05) is 0 Å². The zero-order valence-corrected chi connectivity index (χ0v) is 14.5. The predicted octanol–water partition coefficient (Wildman–Crippen LogP) is 3.16. The van der Waals surface area contributed by atoms with Crippen LogP contribution in [-0.2, 0) is 0 Å². The molecule has 0 saturated heterocycles. The summed E-state index contributed by atoms with van der Waals surface area (Å²) in [5.41, 5.74) is 2.51. The van der Waals surface area contributed by atoms with E-state index in [4.69, 9.17) is 4.52 Å². The molecule has 6 nitrogen and oxygen atoms in total. The normalized spacial score (nSPS) is 14.7. The quantitative estimate of drug-likeness (QED) is 0.759. The van der Waals surface area contributed by atoms with Crippen LogP contribution in [0.3, 0.4) is 0 Å². The van der Waals surface area contributed by atoms with Crippen LogP contribution >= 0.6 is 0 Å². The highest BCUT2D eigenvalue weighted by molar-refractivity contribution is 5.74. The van der Waals surface area contributed by atoms with Gasteiger partial charge in [0.2, 0.25) is 0 Å². The largest absolute Gasteiger partial charge is 0.388 e. The van der Waals surface area contributed by atoms with Crippen LogP contribution in [0.1, 0.15) is 55.0 Å². The molecule has 130 valence electrons. The molecule has 3 N–H and O–H groups in total. The number of benzene rings is 1. The first-order chi connectivity index (χ1) is 11.4. The molecule has 2 aromatic rings. The highest BCUT2D eigenvalue weighted by Gasteiger charge is 2.20. The van der Waals surface area contributed by atoms with Gasteiger partial charge in [-0.25, -0.2) is 4.79 Å². The van der Waals surface area contributed by atoms with Crippen LogP contribution in [0.5, 0.6) is 0 Å². The third kappa shape index (κ3) is 4.58. The average molecular weight is 331 g/mol. The molecule has 0 bridgehead atoms. The van der Waals surface area contributed by atoms with Gasteiger partial charge in [-0.1, -0.05) is 35.5 Å². The fourth-order valence-electron chi connectivity index (χ4n) is 2.85. The van der Waals surface area contributed by atoms with Gasteiger partial charge in [-0.2, -0.15) is 0 Å². The third-order valence-electron chi connectivity index (χ3n) is 4.01. The van der Waals surface area contributed by atoms with Crippen molar-refractivity contribution in [3.8, 4) is 0 Å². The second kappa shape index (κ2) is 7.97. The van der Waals surface area contributed by atoms with Crippen molar-refractivity contribution < 1.29 is 14.4 Å². The molecule has 0 radical (unpaired) electrons. The number of aliphatic hydroxyl groups is 1. The van der Waals surface area contributed by atoms with Gasteiger partial charge in [0.1, 0.15) is 5.76 Å². The van der Waals surface area contributed by atoms with Crippen LogP contribution < -0.4 is 10.6 Å². The number of hydrogen-bond acceptors (Lipinski definition) is 4. The number of rotatable bonds is 6. The summed E-state index contributed by atoms with van der Waals surface area (Å²) in [6, 6.07) is 8.76. The monoisotopic (exact) mass is 331 g/mol. The van der Waals surface area contributed by atoms with E-state index in [2.05, 4.69) is 15.8 Å². The SMILES string of the molecule is Cc1noc(C)c1C(C)NC(=O)NC(C)CC(O)c1ccccc1. The van der Waals surface area contributed by atoms with Crippen molar-refractivity contribution in [1.82, 2.24) is 15.8 Å². The average Bonchev–Trinajstić information content (AvgIpc) is 2.86. The van der Waals surface area contributed by atoms with E-state index in [0.717, 1.165) is 16.8 Å². The summed E-state index contributed by atoms with van der Waals surface area (Å²) in [4.78, 5) is 12.1. The smallest absolute Gasteiger partial charge is 0.315 e. The molecule has 0 fully saturated rings. The lowest BCUT2D eigenvalue weighted by Crippen LogP contribution is -2.42. The van der Waals surface area contributed by atoms with Gasteiger partial charge < -0.3 is 20.3 Å². The number of aromatic nitrogens is 1. The van der Waals surface area contributed by atoms with Gasteiger partial charge in [0.25, 0.3) is 0 Å². The van der Waals surface area contributed by atoms with Crippen LogP contribution in [0.15, 0.2) is 34.9 Å². The lowest BCUT2D eigenvalue weighted by Gasteiger charge is -2.20. The number of amides is 2. The molecular formula is C18H25N3O3.